The molecule has 0 radical (unpaired) electrons. The Hall–Kier alpha value is -4.07. The number of rotatable bonds is 2. The minimum absolute atomic E-state index is 0.216. The number of carbonyl (C=O) groups is 4. The number of nitrogens with two attached hydrogens (primary N) is 1. The first kappa shape index (κ1) is 31.9. The van der Waals surface area contributed by atoms with Crippen LogP contribution in [0, 0.1) is 23.7 Å². The molecule has 3 heterocycles. The molecule has 4 amide bonds. The maximum Gasteiger partial charge on any atom is 0.405 e. The fraction of sp³-hybridized carbons (Fsp3) is 0.594. The number of carbonyl (C=O) groups excluding carboxylic acids is 4. The van der Waals surface area contributed by atoms with Crippen molar-refractivity contribution in [1.82, 2.24) is 19.4 Å². The Balaban J connectivity index is 0.000000467. The molecule has 232 valence electrons. The average molecular weight is 594 g/mol. The van der Waals surface area contributed by atoms with Gasteiger partial charge < -0.3 is 15.4 Å². The van der Waals surface area contributed by atoms with E-state index < -0.39 is 23.6 Å². The van der Waals surface area contributed by atoms with E-state index >= 15 is 0 Å². The van der Waals surface area contributed by atoms with Crippen molar-refractivity contribution in [3.05, 3.63) is 34.2 Å². The van der Waals surface area contributed by atoms with Gasteiger partial charge in [-0.05, 0) is 71.1 Å². The number of imidazole rings is 1. The fourth-order valence-corrected chi connectivity index (χ4v) is 6.01. The molecule has 1 aliphatic carbocycles. The van der Waals surface area contributed by atoms with Crippen LogP contribution in [0.2, 0.25) is 0 Å². The van der Waals surface area contributed by atoms with Gasteiger partial charge in [-0.1, -0.05) is 31.1 Å². The summed E-state index contributed by atoms with van der Waals surface area (Å²) >= 11 is 0. The van der Waals surface area contributed by atoms with E-state index in [9.17, 15) is 24.0 Å². The summed E-state index contributed by atoms with van der Waals surface area (Å²) in [6, 6.07) is 4.89. The van der Waals surface area contributed by atoms with Crippen molar-refractivity contribution < 1.29 is 23.9 Å². The Morgan fingerprint density at radius 2 is 1.65 bits per heavy atom. The van der Waals surface area contributed by atoms with Gasteiger partial charge in [0.2, 0.25) is 17.7 Å². The standard InChI is InChI=1S/C27H32N4O4.C5H11NO2/c1-29-23-17-19(9-10-21(23)31(27(29)35)22-11-12-24(32)28-25(22)33)8-7-18-13-15-30(16-14-18)26(34)20-5-3-2-4-6-20;1-5(2,3)8-4(6)7/h9-10,17-18,20,22H,2-6,11-16H2,1H3,(H,28,32,33);1-3H3,(H2,6,7). The van der Waals surface area contributed by atoms with Gasteiger partial charge >= 0.3 is 11.8 Å². The first-order valence-corrected chi connectivity index (χ1v) is 15.2. The van der Waals surface area contributed by atoms with Crippen LogP contribution in [0.1, 0.15) is 90.2 Å². The van der Waals surface area contributed by atoms with Crippen molar-refractivity contribution in [3.63, 3.8) is 0 Å². The van der Waals surface area contributed by atoms with Gasteiger partial charge in [0.05, 0.1) is 11.0 Å². The Morgan fingerprint density at radius 3 is 2.23 bits per heavy atom. The number of aryl methyl sites for hydroxylation is 1. The smallest absolute Gasteiger partial charge is 0.405 e. The Kier molecular flexibility index (Phi) is 9.99. The summed E-state index contributed by atoms with van der Waals surface area (Å²) in [7, 11) is 1.68. The van der Waals surface area contributed by atoms with E-state index in [0.717, 1.165) is 44.3 Å². The third kappa shape index (κ3) is 8.06. The molecular weight excluding hydrogens is 550 g/mol. The number of imide groups is 1. The molecule has 1 unspecified atom stereocenters. The van der Waals surface area contributed by atoms with Crippen molar-refractivity contribution >= 4 is 34.8 Å². The Labute approximate surface area is 252 Å². The summed E-state index contributed by atoms with van der Waals surface area (Å²) < 4.78 is 7.58. The van der Waals surface area contributed by atoms with E-state index in [4.69, 9.17) is 5.73 Å². The zero-order valence-corrected chi connectivity index (χ0v) is 25.6. The van der Waals surface area contributed by atoms with E-state index in [2.05, 4.69) is 21.9 Å². The molecule has 1 saturated carbocycles. The third-order valence-corrected chi connectivity index (χ3v) is 8.20. The molecule has 43 heavy (non-hydrogen) atoms. The van der Waals surface area contributed by atoms with Gasteiger partial charge in [0.15, 0.2) is 0 Å². The van der Waals surface area contributed by atoms with Gasteiger partial charge in [0.25, 0.3) is 0 Å². The van der Waals surface area contributed by atoms with Crippen LogP contribution in [0.5, 0.6) is 0 Å². The van der Waals surface area contributed by atoms with E-state index in [-0.39, 0.29) is 29.9 Å². The number of aromatic nitrogens is 2. The average Bonchev–Trinajstić information content (AvgIpc) is 3.20. The highest BCUT2D eigenvalue weighted by molar-refractivity contribution is 6.00. The first-order valence-electron chi connectivity index (χ1n) is 15.2. The van der Waals surface area contributed by atoms with E-state index in [1.165, 1.54) is 28.4 Å². The monoisotopic (exact) mass is 593 g/mol. The highest BCUT2D eigenvalue weighted by atomic mass is 16.6. The van der Waals surface area contributed by atoms with Gasteiger partial charge in [-0.3, -0.25) is 28.8 Å². The zero-order valence-electron chi connectivity index (χ0n) is 25.6. The lowest BCUT2D eigenvalue weighted by Crippen LogP contribution is -2.44. The zero-order chi connectivity index (χ0) is 31.3. The second-order valence-corrected chi connectivity index (χ2v) is 12.6. The summed E-state index contributed by atoms with van der Waals surface area (Å²) in [5.74, 6) is 6.70. The summed E-state index contributed by atoms with van der Waals surface area (Å²) in [6.07, 6.45) is 7.25. The van der Waals surface area contributed by atoms with Crippen molar-refractivity contribution in [2.24, 2.45) is 24.6 Å². The topological polar surface area (TPSA) is 146 Å². The predicted octanol–water partition coefficient (Wildman–Crippen LogP) is 3.37. The molecular formula is C32H43N5O6. The molecule has 2 aromatic rings. The number of ether oxygens (including phenoxy) is 1. The number of nitrogens with zero attached hydrogens (tertiary/aromatic N) is 3. The lowest BCUT2D eigenvalue weighted by molar-refractivity contribution is -0.138. The molecule has 2 aliphatic heterocycles. The van der Waals surface area contributed by atoms with Crippen LogP contribution >= 0.6 is 0 Å². The molecule has 11 nitrogen and oxygen atoms in total. The molecule has 1 aromatic heterocycles. The SMILES string of the molecule is CC(C)(C)OC(N)=O.Cn1c(=O)n(C2CCC(=O)NC2=O)c2ccc(C#CC3CCN(C(=O)C4CCCCC4)CC3)cc21. The van der Waals surface area contributed by atoms with E-state index in [1.54, 1.807) is 27.8 Å². The van der Waals surface area contributed by atoms with Crippen molar-refractivity contribution in [3.8, 4) is 11.8 Å². The maximum absolute atomic E-state index is 12.9. The number of nitrogens with one attached hydrogen (secondary N) is 1. The minimum Gasteiger partial charge on any atom is -0.444 e. The molecule has 5 rings (SSSR count). The quantitative estimate of drug-likeness (QED) is 0.403. The number of benzene rings is 1. The predicted molar refractivity (Wildman–Crippen MR) is 162 cm³/mol. The Bertz CT molecular complexity index is 1490. The number of piperidine rings is 2. The first-order chi connectivity index (χ1) is 20.3. The molecule has 3 N–H and O–H groups in total. The van der Waals surface area contributed by atoms with Crippen molar-refractivity contribution in [2.75, 3.05) is 13.1 Å². The van der Waals surface area contributed by atoms with Crippen LogP contribution in [0.3, 0.4) is 0 Å². The molecule has 3 fully saturated rings. The maximum atomic E-state index is 12.9. The molecule has 1 atom stereocenters. The van der Waals surface area contributed by atoms with Crippen LogP contribution in [0.25, 0.3) is 11.0 Å². The van der Waals surface area contributed by atoms with Gasteiger partial charge in [-0.2, -0.15) is 0 Å². The normalized spacial score (nSPS) is 20.0. The number of hydrogen-bond acceptors (Lipinski definition) is 6. The van der Waals surface area contributed by atoms with Gasteiger partial charge in [-0.25, -0.2) is 9.59 Å². The second kappa shape index (κ2) is 13.5. The van der Waals surface area contributed by atoms with Crippen LogP contribution < -0.4 is 16.7 Å². The lowest BCUT2D eigenvalue weighted by atomic mass is 9.87. The molecule has 2 saturated heterocycles. The second-order valence-electron chi connectivity index (χ2n) is 12.6. The Morgan fingerprint density at radius 1 is 0.977 bits per heavy atom. The van der Waals surface area contributed by atoms with Crippen LogP contribution in [-0.2, 0) is 26.2 Å². The summed E-state index contributed by atoms with van der Waals surface area (Å²) in [5.41, 5.74) is 6.16. The van der Waals surface area contributed by atoms with Crippen LogP contribution in [0.15, 0.2) is 23.0 Å². The molecule has 11 heteroatoms. The van der Waals surface area contributed by atoms with Gasteiger partial charge in [0.1, 0.15) is 11.6 Å². The van der Waals surface area contributed by atoms with Crippen LogP contribution in [-0.4, -0.2) is 56.5 Å². The minimum atomic E-state index is -0.725. The third-order valence-electron chi connectivity index (χ3n) is 8.20. The molecule has 3 aliphatic rings. The molecule has 0 bridgehead atoms. The lowest BCUT2D eigenvalue weighted by Gasteiger charge is -2.33. The molecule has 1 aromatic carbocycles. The summed E-state index contributed by atoms with van der Waals surface area (Å²) in [4.78, 5) is 61.6. The number of likely N-dealkylation sites (tertiary alicyclic amines) is 1. The fourth-order valence-electron chi connectivity index (χ4n) is 6.01. The number of primary amides is 1. The highest BCUT2D eigenvalue weighted by Gasteiger charge is 2.31. The largest absolute Gasteiger partial charge is 0.444 e. The van der Waals surface area contributed by atoms with Gasteiger partial charge in [-0.15, -0.1) is 0 Å². The highest BCUT2D eigenvalue weighted by Crippen LogP contribution is 2.28. The summed E-state index contributed by atoms with van der Waals surface area (Å²) in [6.45, 7) is 6.83. The van der Waals surface area contributed by atoms with Gasteiger partial charge in [0, 0.05) is 44.0 Å². The van der Waals surface area contributed by atoms with Crippen molar-refractivity contribution in [2.45, 2.75) is 90.2 Å². The van der Waals surface area contributed by atoms with E-state index in [0.29, 0.717) is 23.4 Å². The van der Waals surface area contributed by atoms with Crippen molar-refractivity contribution in [1.29, 1.82) is 0 Å². The molecule has 0 spiro atoms. The number of amides is 4. The van der Waals surface area contributed by atoms with Crippen LogP contribution in [0.4, 0.5) is 4.79 Å². The van der Waals surface area contributed by atoms with E-state index in [1.807, 2.05) is 23.1 Å². The number of hydrogen-bond donors (Lipinski definition) is 2. The summed E-state index contributed by atoms with van der Waals surface area (Å²) in [5, 5.41) is 2.33. The number of fused-ring (bicyclic) bond motifs is 1.